The number of esters is 2. The summed E-state index contributed by atoms with van der Waals surface area (Å²) in [4.78, 5) is 45.4. The molecule has 0 aliphatic carbocycles. The van der Waals surface area contributed by atoms with Crippen molar-refractivity contribution in [3.8, 4) is 22.7 Å². The maximum atomic E-state index is 14.4. The number of benzene rings is 3. The van der Waals surface area contributed by atoms with Crippen molar-refractivity contribution in [3.63, 3.8) is 0 Å². The molecule has 5 aromatic rings. The van der Waals surface area contributed by atoms with Gasteiger partial charge in [0, 0.05) is 17.3 Å². The molecule has 2 aromatic heterocycles. The van der Waals surface area contributed by atoms with Crippen LogP contribution in [0, 0.1) is 5.92 Å². The second-order valence-corrected chi connectivity index (χ2v) is 13.0. The number of carbonyl (C=O) groups is 2. The summed E-state index contributed by atoms with van der Waals surface area (Å²) >= 11 is 1.22. The number of carbonyl (C=O) groups excluding carboxylic acids is 2. The van der Waals surface area contributed by atoms with Gasteiger partial charge in [0.2, 0.25) is 0 Å². The highest BCUT2D eigenvalue weighted by atomic mass is 32.1. The molecule has 0 saturated carbocycles. The topological polar surface area (TPSA) is 114 Å². The van der Waals surface area contributed by atoms with E-state index in [0.29, 0.717) is 49.8 Å². The van der Waals surface area contributed by atoms with Crippen LogP contribution in [0.1, 0.15) is 48.3 Å². The van der Waals surface area contributed by atoms with Crippen molar-refractivity contribution in [2.75, 3.05) is 20.3 Å². The van der Waals surface area contributed by atoms with Crippen molar-refractivity contribution in [3.05, 3.63) is 145 Å². The summed E-state index contributed by atoms with van der Waals surface area (Å²) in [6, 6.07) is 23.1. The second kappa shape index (κ2) is 14.8. The van der Waals surface area contributed by atoms with Gasteiger partial charge < -0.3 is 14.2 Å². The number of methoxy groups -OCH3 is 1. The van der Waals surface area contributed by atoms with Gasteiger partial charge in [-0.25, -0.2) is 19.3 Å². The summed E-state index contributed by atoms with van der Waals surface area (Å²) in [5.41, 5.74) is 4.41. The molecule has 1 aliphatic rings. The van der Waals surface area contributed by atoms with Gasteiger partial charge in [-0.3, -0.25) is 9.36 Å². The predicted molar refractivity (Wildman–Crippen MR) is 192 cm³/mol. The summed E-state index contributed by atoms with van der Waals surface area (Å²) < 4.78 is 19.9. The summed E-state index contributed by atoms with van der Waals surface area (Å²) in [5, 5.41) is 4.92. The molecule has 0 N–H and O–H groups in total. The first-order valence-corrected chi connectivity index (χ1v) is 16.9. The van der Waals surface area contributed by atoms with Crippen molar-refractivity contribution in [2.45, 2.75) is 26.8 Å². The molecular formula is C39H36N4O6S. The number of rotatable bonds is 11. The van der Waals surface area contributed by atoms with Crippen LogP contribution in [0.15, 0.2) is 119 Å². The molecule has 6 rings (SSSR count). The van der Waals surface area contributed by atoms with Gasteiger partial charge in [0.1, 0.15) is 18.1 Å². The highest BCUT2D eigenvalue weighted by Gasteiger charge is 2.33. The maximum Gasteiger partial charge on any atom is 0.338 e. The third kappa shape index (κ3) is 6.99. The molecule has 1 aliphatic heterocycles. The van der Waals surface area contributed by atoms with E-state index in [-0.39, 0.29) is 23.7 Å². The monoisotopic (exact) mass is 688 g/mol. The number of ether oxygens (including phenoxy) is 3. The molecule has 11 heteroatoms. The Labute approximate surface area is 292 Å². The van der Waals surface area contributed by atoms with E-state index in [0.717, 1.165) is 11.3 Å². The fraction of sp³-hybridized carbons (Fsp3) is 0.205. The van der Waals surface area contributed by atoms with Crippen molar-refractivity contribution < 1.29 is 23.8 Å². The van der Waals surface area contributed by atoms with Crippen molar-refractivity contribution in [2.24, 2.45) is 10.9 Å². The fourth-order valence-corrected chi connectivity index (χ4v) is 6.61. The minimum atomic E-state index is -0.839. The number of hydrogen-bond acceptors (Lipinski definition) is 9. The molecule has 0 bridgehead atoms. The molecule has 0 radical (unpaired) electrons. The Morgan fingerprint density at radius 1 is 1.00 bits per heavy atom. The van der Waals surface area contributed by atoms with Gasteiger partial charge in [0.05, 0.1) is 46.8 Å². The summed E-state index contributed by atoms with van der Waals surface area (Å²) in [5.74, 6) is -0.234. The average molecular weight is 689 g/mol. The van der Waals surface area contributed by atoms with E-state index in [9.17, 15) is 14.4 Å². The van der Waals surface area contributed by atoms with Crippen LogP contribution in [0.2, 0.25) is 0 Å². The Hall–Kier alpha value is -5.81. The lowest BCUT2D eigenvalue weighted by molar-refractivity contribution is -0.140. The van der Waals surface area contributed by atoms with Gasteiger partial charge >= 0.3 is 11.9 Å². The van der Waals surface area contributed by atoms with Gasteiger partial charge in [0.15, 0.2) is 4.80 Å². The van der Waals surface area contributed by atoms with Gasteiger partial charge in [-0.05, 0) is 73.0 Å². The Balaban J connectivity index is 1.50. The summed E-state index contributed by atoms with van der Waals surface area (Å²) in [6.45, 7) is 9.95. The molecule has 1 atom stereocenters. The van der Waals surface area contributed by atoms with Crippen LogP contribution in [-0.2, 0) is 14.3 Å². The lowest BCUT2D eigenvalue weighted by Crippen LogP contribution is -2.40. The highest BCUT2D eigenvalue weighted by Crippen LogP contribution is 2.31. The molecule has 254 valence electrons. The molecule has 3 heterocycles. The molecule has 0 amide bonds. The first kappa shape index (κ1) is 34.1. The zero-order chi connectivity index (χ0) is 35.4. The standard InChI is InChI=1S/C39H36N4O6S/c1-6-20-48-31-18-16-26(17-19-31)34-29(22-42(41-34)30-10-8-7-9-11-30)21-32-36(44)43-35(27-12-14-28(15-13-27)37(45)47-5)33(25(4)40-39(43)50-32)38(46)49-23-24(2)3/h6-19,21-22,24,35H,1,20,23H2,2-5H3/b32-21-/t35-/m1/s1. The molecule has 0 saturated heterocycles. The number of thiazole rings is 1. The Morgan fingerprint density at radius 2 is 1.72 bits per heavy atom. The van der Waals surface area contributed by atoms with Gasteiger partial charge in [-0.15, -0.1) is 0 Å². The molecule has 3 aromatic carbocycles. The van der Waals surface area contributed by atoms with E-state index in [1.165, 1.54) is 23.0 Å². The first-order valence-electron chi connectivity index (χ1n) is 16.1. The van der Waals surface area contributed by atoms with Crippen LogP contribution in [-0.4, -0.2) is 46.6 Å². The first-order chi connectivity index (χ1) is 24.2. The van der Waals surface area contributed by atoms with Gasteiger partial charge in [0.25, 0.3) is 5.56 Å². The maximum absolute atomic E-state index is 14.4. The van der Waals surface area contributed by atoms with Gasteiger partial charge in [-0.2, -0.15) is 5.10 Å². The lowest BCUT2D eigenvalue weighted by Gasteiger charge is -2.25. The number of hydrogen-bond donors (Lipinski definition) is 0. The number of allylic oxidation sites excluding steroid dienone is 1. The van der Waals surface area contributed by atoms with Crippen molar-refractivity contribution in [1.29, 1.82) is 0 Å². The number of fused-ring (bicyclic) bond motifs is 1. The van der Waals surface area contributed by atoms with E-state index in [1.54, 1.807) is 48.0 Å². The lowest BCUT2D eigenvalue weighted by atomic mass is 9.95. The number of para-hydroxylation sites is 1. The smallest absolute Gasteiger partial charge is 0.338 e. The Kier molecular flexibility index (Phi) is 10.1. The second-order valence-electron chi connectivity index (χ2n) is 12.0. The number of nitrogens with zero attached hydrogens (tertiary/aromatic N) is 4. The number of aromatic nitrogens is 3. The average Bonchev–Trinajstić information content (AvgIpc) is 3.69. The van der Waals surface area contributed by atoms with Crippen LogP contribution in [0.5, 0.6) is 5.75 Å². The van der Waals surface area contributed by atoms with Crippen molar-refractivity contribution >= 4 is 29.4 Å². The molecule has 0 unspecified atom stereocenters. The molecule has 0 fully saturated rings. The normalized spacial score (nSPS) is 14.3. The summed E-state index contributed by atoms with van der Waals surface area (Å²) in [6.07, 6.45) is 5.37. The van der Waals surface area contributed by atoms with E-state index < -0.39 is 18.0 Å². The van der Waals surface area contributed by atoms with Crippen LogP contribution in [0.4, 0.5) is 0 Å². The summed E-state index contributed by atoms with van der Waals surface area (Å²) in [7, 11) is 1.31. The third-order valence-corrected chi connectivity index (χ3v) is 8.97. The van der Waals surface area contributed by atoms with Crippen molar-refractivity contribution in [1.82, 2.24) is 14.3 Å². The van der Waals surface area contributed by atoms with E-state index in [4.69, 9.17) is 24.3 Å². The van der Waals surface area contributed by atoms with Crippen LogP contribution in [0.25, 0.3) is 23.0 Å². The largest absolute Gasteiger partial charge is 0.490 e. The quantitative estimate of drug-likeness (QED) is 0.130. The van der Waals surface area contributed by atoms with E-state index in [2.05, 4.69) is 6.58 Å². The van der Waals surface area contributed by atoms with Gasteiger partial charge in [-0.1, -0.05) is 68.2 Å². The SMILES string of the molecule is C=CCOc1ccc(-c2nn(-c3ccccc3)cc2/C=c2\sc3n(c2=O)[C@H](c2ccc(C(=O)OC)cc2)C(C(=O)OCC(C)C)=C(C)N=3)cc1. The Bertz CT molecular complexity index is 2260. The fourth-order valence-electron chi connectivity index (χ4n) is 5.57. The predicted octanol–water partition coefficient (Wildman–Crippen LogP) is 5.64. The molecule has 0 spiro atoms. The van der Waals surface area contributed by atoms with Crippen LogP contribution >= 0.6 is 11.3 Å². The molecule has 10 nitrogen and oxygen atoms in total. The third-order valence-electron chi connectivity index (χ3n) is 7.98. The highest BCUT2D eigenvalue weighted by molar-refractivity contribution is 7.07. The van der Waals surface area contributed by atoms with Crippen LogP contribution < -0.4 is 19.6 Å². The zero-order valence-corrected chi connectivity index (χ0v) is 29.0. The minimum absolute atomic E-state index is 0.112. The van der Waals surface area contributed by atoms with E-state index >= 15 is 0 Å². The Morgan fingerprint density at radius 3 is 2.38 bits per heavy atom. The zero-order valence-electron chi connectivity index (χ0n) is 28.2. The molecular weight excluding hydrogens is 653 g/mol. The van der Waals surface area contributed by atoms with Crippen LogP contribution in [0.3, 0.4) is 0 Å². The minimum Gasteiger partial charge on any atom is -0.490 e. The molecule has 50 heavy (non-hydrogen) atoms. The van der Waals surface area contributed by atoms with E-state index in [1.807, 2.05) is 74.6 Å².